The Labute approximate surface area is 172 Å². The molecule has 1 saturated heterocycles. The Morgan fingerprint density at radius 3 is 2.60 bits per heavy atom. The lowest BCUT2D eigenvalue weighted by Crippen LogP contribution is -2.43. The third-order valence-corrected chi connectivity index (χ3v) is 5.37. The Hall–Kier alpha value is -2.94. The van der Waals surface area contributed by atoms with Gasteiger partial charge in [-0.3, -0.25) is 4.98 Å². The van der Waals surface area contributed by atoms with Gasteiger partial charge in [0, 0.05) is 37.1 Å². The predicted molar refractivity (Wildman–Crippen MR) is 111 cm³/mol. The second-order valence-corrected chi connectivity index (χ2v) is 7.38. The first-order valence-corrected chi connectivity index (χ1v) is 9.87. The number of aromatic nitrogens is 3. The molecule has 1 unspecified atom stereocenters. The van der Waals surface area contributed by atoms with Gasteiger partial charge in [-0.25, -0.2) is 13.2 Å². The smallest absolute Gasteiger partial charge is 0.266 e. The molecule has 1 atom stereocenters. The number of aryl methyl sites for hydroxylation is 1. The zero-order valence-electron chi connectivity index (χ0n) is 16.8. The maximum absolute atomic E-state index is 14.6. The highest BCUT2D eigenvalue weighted by atomic mass is 19.3. The van der Waals surface area contributed by atoms with Gasteiger partial charge in [0.15, 0.2) is 5.82 Å². The first kappa shape index (κ1) is 20.3. The summed E-state index contributed by atoms with van der Waals surface area (Å²) in [5, 5.41) is 15.6. The summed E-state index contributed by atoms with van der Waals surface area (Å²) in [5.41, 5.74) is 1.89. The molecule has 6 nitrogen and oxygen atoms in total. The van der Waals surface area contributed by atoms with Crippen molar-refractivity contribution in [3.8, 4) is 0 Å². The van der Waals surface area contributed by atoms with Gasteiger partial charge in [-0.1, -0.05) is 18.2 Å². The Morgan fingerprint density at radius 2 is 1.87 bits per heavy atom. The van der Waals surface area contributed by atoms with Crippen LogP contribution in [0.1, 0.15) is 36.2 Å². The van der Waals surface area contributed by atoms with Gasteiger partial charge < -0.3 is 15.5 Å². The molecule has 0 radical (unpaired) electrons. The third-order valence-electron chi connectivity index (χ3n) is 5.37. The van der Waals surface area contributed by atoms with E-state index in [1.165, 1.54) is 12.1 Å². The molecular formula is C21H23F3N6. The normalized spacial score (nSPS) is 15.6. The van der Waals surface area contributed by atoms with Crippen LogP contribution >= 0.6 is 0 Å². The third kappa shape index (κ3) is 3.89. The van der Waals surface area contributed by atoms with Crippen molar-refractivity contribution in [2.45, 2.75) is 26.3 Å². The van der Waals surface area contributed by atoms with Crippen LogP contribution in [0.4, 0.5) is 24.7 Å². The quantitative estimate of drug-likeness (QED) is 0.656. The van der Waals surface area contributed by atoms with Gasteiger partial charge in [-0.15, -0.1) is 5.10 Å². The van der Waals surface area contributed by atoms with Gasteiger partial charge in [-0.05, 0) is 19.9 Å². The fraction of sp³-hybridized carbons (Fsp3) is 0.381. The minimum atomic E-state index is -2.87. The largest absolute Gasteiger partial charge is 0.368 e. The number of piperazine rings is 1. The van der Waals surface area contributed by atoms with E-state index in [2.05, 4.69) is 30.7 Å². The van der Waals surface area contributed by atoms with Crippen LogP contribution in [0.15, 0.2) is 30.5 Å². The van der Waals surface area contributed by atoms with Gasteiger partial charge in [0.25, 0.3) is 6.43 Å². The van der Waals surface area contributed by atoms with Crippen LogP contribution < -0.4 is 15.5 Å². The van der Waals surface area contributed by atoms with E-state index in [-0.39, 0.29) is 5.56 Å². The minimum Gasteiger partial charge on any atom is -0.368 e. The van der Waals surface area contributed by atoms with Gasteiger partial charge in [-0.2, -0.15) is 5.10 Å². The zero-order valence-corrected chi connectivity index (χ0v) is 16.8. The standard InChI is InChI=1S/C21H23F3N6/c1-12(15-4-3-5-16(18(15)22)20(23)24)27-21-17-10-14(30-8-6-25-7-9-30)11-26-19(17)13(2)28-29-21/h3-5,10-12,20,25H,6-9H2,1-2H3,(H,27,29). The first-order chi connectivity index (χ1) is 14.5. The SMILES string of the molecule is Cc1nnc(NC(C)c2cccc(C(F)F)c2F)c2cc(N3CCNCC3)cnc12. The average molecular weight is 416 g/mol. The molecule has 2 N–H and O–H groups in total. The summed E-state index contributed by atoms with van der Waals surface area (Å²) in [4.78, 5) is 6.81. The minimum absolute atomic E-state index is 0.148. The fourth-order valence-electron chi connectivity index (χ4n) is 3.71. The summed E-state index contributed by atoms with van der Waals surface area (Å²) in [5.74, 6) is -0.467. The molecule has 30 heavy (non-hydrogen) atoms. The molecule has 0 saturated carbocycles. The van der Waals surface area contributed by atoms with Crippen LogP contribution in [0.2, 0.25) is 0 Å². The summed E-state index contributed by atoms with van der Waals surface area (Å²) in [6.45, 7) is 7.06. The van der Waals surface area contributed by atoms with E-state index in [0.717, 1.165) is 43.3 Å². The lowest BCUT2D eigenvalue weighted by molar-refractivity contribution is 0.146. The monoisotopic (exact) mass is 416 g/mol. The molecule has 158 valence electrons. The molecule has 1 aromatic carbocycles. The number of anilines is 2. The first-order valence-electron chi connectivity index (χ1n) is 9.87. The molecular weight excluding hydrogens is 393 g/mol. The maximum atomic E-state index is 14.6. The van der Waals surface area contributed by atoms with E-state index in [1.54, 1.807) is 6.92 Å². The van der Waals surface area contributed by atoms with E-state index in [0.29, 0.717) is 17.0 Å². The van der Waals surface area contributed by atoms with Crippen molar-refractivity contribution in [3.05, 3.63) is 53.1 Å². The molecule has 0 bridgehead atoms. The summed E-state index contributed by atoms with van der Waals surface area (Å²) < 4.78 is 40.7. The zero-order chi connectivity index (χ0) is 21.3. The number of alkyl halides is 2. The van der Waals surface area contributed by atoms with Crippen LogP contribution in [0.3, 0.4) is 0 Å². The predicted octanol–water partition coefficient (Wildman–Crippen LogP) is 3.99. The Kier molecular flexibility index (Phi) is 5.72. The van der Waals surface area contributed by atoms with Crippen LogP contribution in [-0.4, -0.2) is 41.4 Å². The lowest BCUT2D eigenvalue weighted by atomic mass is 10.0. The fourth-order valence-corrected chi connectivity index (χ4v) is 3.71. The van der Waals surface area contributed by atoms with E-state index >= 15 is 0 Å². The summed E-state index contributed by atoms with van der Waals surface area (Å²) in [6, 6.07) is 5.43. The van der Waals surface area contributed by atoms with Crippen molar-refractivity contribution in [2.24, 2.45) is 0 Å². The molecule has 0 spiro atoms. The van der Waals surface area contributed by atoms with Crippen LogP contribution in [0, 0.1) is 12.7 Å². The highest BCUT2D eigenvalue weighted by molar-refractivity contribution is 5.92. The molecule has 9 heteroatoms. The van der Waals surface area contributed by atoms with Crippen molar-refractivity contribution < 1.29 is 13.2 Å². The molecule has 0 amide bonds. The number of rotatable bonds is 5. The molecule has 3 aromatic rings. The van der Waals surface area contributed by atoms with Crippen molar-refractivity contribution >= 4 is 22.4 Å². The van der Waals surface area contributed by atoms with Crippen LogP contribution in [0.25, 0.3) is 10.9 Å². The molecule has 2 aromatic heterocycles. The van der Waals surface area contributed by atoms with Crippen molar-refractivity contribution in [1.29, 1.82) is 0 Å². The van der Waals surface area contributed by atoms with Crippen LogP contribution in [0.5, 0.6) is 0 Å². The number of hydrogen-bond donors (Lipinski definition) is 2. The number of hydrogen-bond acceptors (Lipinski definition) is 6. The highest BCUT2D eigenvalue weighted by Gasteiger charge is 2.21. The summed E-state index contributed by atoms with van der Waals surface area (Å²) in [6.07, 6.45) is -1.05. The number of fused-ring (bicyclic) bond motifs is 1. The number of pyridine rings is 1. The Balaban J connectivity index is 1.70. The second kappa shape index (κ2) is 8.43. The maximum Gasteiger partial charge on any atom is 0.266 e. The molecule has 1 fully saturated rings. The van der Waals surface area contributed by atoms with Crippen LogP contribution in [-0.2, 0) is 0 Å². The lowest BCUT2D eigenvalue weighted by Gasteiger charge is -2.29. The summed E-state index contributed by atoms with van der Waals surface area (Å²) >= 11 is 0. The van der Waals surface area contributed by atoms with Gasteiger partial charge in [0.05, 0.1) is 34.7 Å². The van der Waals surface area contributed by atoms with Crippen molar-refractivity contribution in [2.75, 3.05) is 36.4 Å². The van der Waals surface area contributed by atoms with E-state index in [4.69, 9.17) is 0 Å². The van der Waals surface area contributed by atoms with Crippen molar-refractivity contribution in [1.82, 2.24) is 20.5 Å². The highest BCUT2D eigenvalue weighted by Crippen LogP contribution is 2.31. The van der Waals surface area contributed by atoms with Gasteiger partial charge >= 0.3 is 0 Å². The molecule has 1 aliphatic heterocycles. The second-order valence-electron chi connectivity index (χ2n) is 7.38. The number of halogens is 3. The van der Waals surface area contributed by atoms with Gasteiger partial charge in [0.1, 0.15) is 5.82 Å². The van der Waals surface area contributed by atoms with Gasteiger partial charge in [0.2, 0.25) is 0 Å². The average Bonchev–Trinajstić information content (AvgIpc) is 2.76. The summed E-state index contributed by atoms with van der Waals surface area (Å²) in [7, 11) is 0. The Bertz CT molecular complexity index is 1050. The van der Waals surface area contributed by atoms with E-state index < -0.39 is 23.8 Å². The Morgan fingerprint density at radius 1 is 1.13 bits per heavy atom. The molecule has 4 rings (SSSR count). The molecule has 0 aliphatic carbocycles. The molecule has 1 aliphatic rings. The molecule has 3 heterocycles. The number of benzene rings is 1. The number of nitrogens with zero attached hydrogens (tertiary/aromatic N) is 4. The van der Waals surface area contributed by atoms with E-state index in [9.17, 15) is 13.2 Å². The van der Waals surface area contributed by atoms with Crippen molar-refractivity contribution in [3.63, 3.8) is 0 Å². The van der Waals surface area contributed by atoms with E-state index in [1.807, 2.05) is 19.2 Å². The topological polar surface area (TPSA) is 66.0 Å². The number of nitrogens with one attached hydrogen (secondary N) is 2.